The lowest BCUT2D eigenvalue weighted by atomic mass is 9.94. The number of hydrogen-bond donors (Lipinski definition) is 1. The number of phosphoric acid groups is 1. The van der Waals surface area contributed by atoms with Crippen molar-refractivity contribution in [3.63, 3.8) is 0 Å². The molecule has 2 aromatic rings. The SMILES string of the molecule is COP(=O)(OC)OC[C@@](C)(CCCc1ccc(Oc2cccc(C(F)(F)F)c2)cc1Cl)NC(=O)OC(C)(C)C. The zero-order valence-corrected chi connectivity index (χ0v) is 24.3. The highest BCUT2D eigenvalue weighted by molar-refractivity contribution is 7.48. The summed E-state index contributed by atoms with van der Waals surface area (Å²) in [5.41, 5.74) is -1.80. The Morgan fingerprint density at radius 2 is 1.64 bits per heavy atom. The van der Waals surface area contributed by atoms with Crippen LogP contribution in [0.2, 0.25) is 5.02 Å². The number of benzene rings is 2. The molecular formula is C26H34ClF3NO7P. The van der Waals surface area contributed by atoms with Crippen LogP contribution >= 0.6 is 19.4 Å². The fourth-order valence-electron chi connectivity index (χ4n) is 3.46. The first-order chi connectivity index (χ1) is 18.0. The van der Waals surface area contributed by atoms with Crippen molar-refractivity contribution in [2.24, 2.45) is 0 Å². The average Bonchev–Trinajstić information content (AvgIpc) is 2.82. The summed E-state index contributed by atoms with van der Waals surface area (Å²) in [6, 6.07) is 9.39. The highest BCUT2D eigenvalue weighted by Gasteiger charge is 2.34. The Kier molecular flexibility index (Phi) is 11.3. The van der Waals surface area contributed by atoms with Crippen LogP contribution in [0.3, 0.4) is 0 Å². The Balaban J connectivity index is 2.08. The monoisotopic (exact) mass is 595 g/mol. The fourth-order valence-corrected chi connectivity index (χ4v) is 4.53. The molecule has 8 nitrogen and oxygen atoms in total. The van der Waals surface area contributed by atoms with E-state index in [1.165, 1.54) is 32.4 Å². The van der Waals surface area contributed by atoms with Gasteiger partial charge in [0, 0.05) is 19.2 Å². The van der Waals surface area contributed by atoms with Gasteiger partial charge in [-0.05, 0) is 82.9 Å². The molecular weight excluding hydrogens is 562 g/mol. The van der Waals surface area contributed by atoms with Crippen molar-refractivity contribution in [1.29, 1.82) is 0 Å². The second kappa shape index (κ2) is 13.4. The van der Waals surface area contributed by atoms with Crippen LogP contribution in [-0.4, -0.2) is 38.1 Å². The van der Waals surface area contributed by atoms with Crippen LogP contribution in [0, 0.1) is 0 Å². The number of aryl methyl sites for hydroxylation is 1. The molecule has 0 saturated heterocycles. The molecule has 0 aliphatic heterocycles. The van der Waals surface area contributed by atoms with Gasteiger partial charge in [0.1, 0.15) is 17.1 Å². The third-order valence-electron chi connectivity index (χ3n) is 5.39. The molecule has 0 heterocycles. The minimum absolute atomic E-state index is 0.0297. The van der Waals surface area contributed by atoms with E-state index in [1.807, 2.05) is 0 Å². The van der Waals surface area contributed by atoms with Crippen LogP contribution in [0.1, 0.15) is 51.7 Å². The molecule has 13 heteroatoms. The molecule has 1 atom stereocenters. The zero-order valence-electron chi connectivity index (χ0n) is 22.7. The quantitative estimate of drug-likeness (QED) is 0.247. The molecule has 2 aromatic carbocycles. The van der Waals surface area contributed by atoms with E-state index in [9.17, 15) is 22.5 Å². The van der Waals surface area contributed by atoms with Gasteiger partial charge in [0.2, 0.25) is 0 Å². The molecule has 1 amide bonds. The molecule has 0 saturated carbocycles. The lowest BCUT2D eigenvalue weighted by Crippen LogP contribution is -2.51. The predicted molar refractivity (Wildman–Crippen MR) is 141 cm³/mol. The summed E-state index contributed by atoms with van der Waals surface area (Å²) in [5, 5.41) is 3.13. The molecule has 1 N–H and O–H groups in total. The molecule has 0 spiro atoms. The molecule has 0 radical (unpaired) electrons. The average molecular weight is 596 g/mol. The second-order valence-electron chi connectivity index (χ2n) is 10.0. The highest BCUT2D eigenvalue weighted by atomic mass is 35.5. The Labute approximate surface area is 231 Å². The molecule has 0 aromatic heterocycles. The third-order valence-corrected chi connectivity index (χ3v) is 7.08. The van der Waals surface area contributed by atoms with Gasteiger partial charge >= 0.3 is 20.1 Å². The lowest BCUT2D eigenvalue weighted by molar-refractivity contribution is -0.137. The maximum atomic E-state index is 13.0. The largest absolute Gasteiger partial charge is 0.474 e. The van der Waals surface area contributed by atoms with Crippen LogP contribution in [-0.2, 0) is 35.5 Å². The number of nitrogens with one attached hydrogen (secondary N) is 1. The van der Waals surface area contributed by atoms with Crippen molar-refractivity contribution in [3.05, 3.63) is 58.6 Å². The van der Waals surface area contributed by atoms with Gasteiger partial charge in [0.15, 0.2) is 0 Å². The summed E-state index contributed by atoms with van der Waals surface area (Å²) in [5.74, 6) is 0.310. The van der Waals surface area contributed by atoms with Gasteiger partial charge in [-0.1, -0.05) is 23.7 Å². The summed E-state index contributed by atoms with van der Waals surface area (Å²) in [6.07, 6.45) is -3.78. The molecule has 2 rings (SSSR count). The second-order valence-corrected chi connectivity index (χ2v) is 12.3. The molecule has 0 fully saturated rings. The number of rotatable bonds is 12. The van der Waals surface area contributed by atoms with Gasteiger partial charge in [0.25, 0.3) is 0 Å². The normalized spacial score (nSPS) is 14.0. The van der Waals surface area contributed by atoms with E-state index in [0.717, 1.165) is 17.7 Å². The minimum Gasteiger partial charge on any atom is -0.457 e. The number of amides is 1. The maximum absolute atomic E-state index is 13.0. The van der Waals surface area contributed by atoms with Crippen molar-refractivity contribution < 1.29 is 45.6 Å². The summed E-state index contributed by atoms with van der Waals surface area (Å²) in [6.45, 7) is 6.70. The lowest BCUT2D eigenvalue weighted by Gasteiger charge is -2.32. The van der Waals surface area contributed by atoms with Gasteiger partial charge in [-0.3, -0.25) is 13.6 Å². The predicted octanol–water partition coefficient (Wildman–Crippen LogP) is 8.17. The Hall–Kier alpha value is -2.30. The minimum atomic E-state index is -4.48. The topological polar surface area (TPSA) is 92.3 Å². The molecule has 39 heavy (non-hydrogen) atoms. The first kappa shape index (κ1) is 32.9. The zero-order chi connectivity index (χ0) is 29.5. The van der Waals surface area contributed by atoms with Crippen molar-refractivity contribution in [2.45, 2.75) is 64.3 Å². The van der Waals surface area contributed by atoms with Crippen LogP contribution < -0.4 is 10.1 Å². The summed E-state index contributed by atoms with van der Waals surface area (Å²) >= 11 is 6.42. The van der Waals surface area contributed by atoms with Crippen molar-refractivity contribution in [1.82, 2.24) is 5.32 Å². The summed E-state index contributed by atoms with van der Waals surface area (Å²) in [4.78, 5) is 12.5. The van der Waals surface area contributed by atoms with E-state index in [0.29, 0.717) is 24.3 Å². The summed E-state index contributed by atoms with van der Waals surface area (Å²) in [7, 11) is -1.43. The Morgan fingerprint density at radius 1 is 1.00 bits per heavy atom. The van der Waals surface area contributed by atoms with Gasteiger partial charge in [-0.2, -0.15) is 13.2 Å². The van der Waals surface area contributed by atoms with Gasteiger partial charge in [-0.25, -0.2) is 9.36 Å². The van der Waals surface area contributed by atoms with E-state index in [4.69, 9.17) is 34.6 Å². The smallest absolute Gasteiger partial charge is 0.457 e. The molecule has 0 aliphatic carbocycles. The number of halogens is 4. The number of carbonyl (C=O) groups excluding carboxylic acids is 1. The number of carbonyl (C=O) groups is 1. The standard InChI is InChI=1S/C26H34ClF3NO7P/c1-24(2,3)38-23(32)31-25(4,17-36-39(33,34-5)35-6)14-8-9-18-12-13-21(16-22(18)27)37-20-11-7-10-19(15-20)26(28,29)30/h7,10-13,15-16H,8-9,14,17H2,1-6H3,(H,31,32)/t25-/m1/s1. The van der Waals surface area contributed by atoms with E-state index in [2.05, 4.69) is 5.32 Å². The van der Waals surface area contributed by atoms with E-state index in [1.54, 1.807) is 39.8 Å². The van der Waals surface area contributed by atoms with E-state index >= 15 is 0 Å². The van der Waals surface area contributed by atoms with Gasteiger partial charge < -0.3 is 14.8 Å². The van der Waals surface area contributed by atoms with Crippen molar-refractivity contribution in [2.75, 3.05) is 20.8 Å². The highest BCUT2D eigenvalue weighted by Crippen LogP contribution is 2.48. The van der Waals surface area contributed by atoms with Gasteiger partial charge in [-0.15, -0.1) is 0 Å². The number of phosphoric ester groups is 1. The number of alkyl halides is 3. The van der Waals surface area contributed by atoms with Crippen molar-refractivity contribution >= 4 is 25.5 Å². The van der Waals surface area contributed by atoms with Crippen molar-refractivity contribution in [3.8, 4) is 11.5 Å². The van der Waals surface area contributed by atoms with Crippen LogP contribution in [0.25, 0.3) is 0 Å². The van der Waals surface area contributed by atoms with Crippen LogP contribution in [0.15, 0.2) is 42.5 Å². The molecule has 0 bridgehead atoms. The van der Waals surface area contributed by atoms with E-state index in [-0.39, 0.29) is 18.1 Å². The van der Waals surface area contributed by atoms with Gasteiger partial charge in [0.05, 0.1) is 17.7 Å². The molecule has 218 valence electrons. The first-order valence-electron chi connectivity index (χ1n) is 12.0. The Bertz CT molecular complexity index is 1160. The molecule has 0 unspecified atom stereocenters. The molecule has 0 aliphatic rings. The van der Waals surface area contributed by atoms with Crippen LogP contribution in [0.5, 0.6) is 11.5 Å². The number of hydrogen-bond acceptors (Lipinski definition) is 7. The van der Waals surface area contributed by atoms with E-state index < -0.39 is 36.8 Å². The fraction of sp³-hybridized carbons (Fsp3) is 0.500. The third kappa shape index (κ3) is 11.0. The summed E-state index contributed by atoms with van der Waals surface area (Å²) < 4.78 is 77.2. The Morgan fingerprint density at radius 3 is 2.21 bits per heavy atom. The number of ether oxygens (including phenoxy) is 2. The first-order valence-corrected chi connectivity index (χ1v) is 13.8. The maximum Gasteiger partial charge on any atom is 0.474 e. The van der Waals surface area contributed by atoms with Crippen LogP contribution in [0.4, 0.5) is 18.0 Å². The number of alkyl carbamates (subject to hydrolysis) is 1.